The largest absolute Gasteiger partial charge is 0.454 e. The number of carbonyl (C=O) groups excluding carboxylic acids is 1. The molecule has 0 bridgehead atoms. The predicted molar refractivity (Wildman–Crippen MR) is 95.3 cm³/mol. The van der Waals surface area contributed by atoms with E-state index in [1.807, 2.05) is 6.07 Å². The number of carbonyl (C=O) groups is 1. The van der Waals surface area contributed by atoms with E-state index in [0.29, 0.717) is 18.3 Å². The van der Waals surface area contributed by atoms with E-state index in [0.717, 1.165) is 37.7 Å². The lowest BCUT2D eigenvalue weighted by Crippen LogP contribution is -2.47. The second kappa shape index (κ2) is 6.80. The smallest absolute Gasteiger partial charge is 0.251 e. The minimum absolute atomic E-state index is 0.282. The molecule has 1 fully saturated rings. The Hall–Kier alpha value is -2.87. The molecule has 1 aromatic heterocycles. The number of primary amides is 1. The summed E-state index contributed by atoms with van der Waals surface area (Å²) in [5, 5.41) is 0. The number of benzene rings is 1. The molecule has 0 spiro atoms. The minimum atomic E-state index is -0.515. The van der Waals surface area contributed by atoms with E-state index in [1.165, 1.54) is 18.0 Å². The van der Waals surface area contributed by atoms with Crippen molar-refractivity contribution in [3.05, 3.63) is 41.7 Å². The van der Waals surface area contributed by atoms with E-state index in [4.69, 9.17) is 15.2 Å². The summed E-state index contributed by atoms with van der Waals surface area (Å²) < 4.78 is 10.9. The van der Waals surface area contributed by atoms with Crippen LogP contribution in [0.25, 0.3) is 0 Å². The zero-order chi connectivity index (χ0) is 18.1. The lowest BCUT2D eigenvalue weighted by atomic mass is 10.1. The van der Waals surface area contributed by atoms with E-state index in [-0.39, 0.29) is 6.04 Å². The first-order valence-corrected chi connectivity index (χ1v) is 8.62. The highest BCUT2D eigenvalue weighted by molar-refractivity contribution is 5.92. The minimum Gasteiger partial charge on any atom is -0.454 e. The van der Waals surface area contributed by atoms with Crippen molar-refractivity contribution in [2.75, 3.05) is 37.9 Å². The highest BCUT2D eigenvalue weighted by Gasteiger charge is 2.25. The molecular weight excluding hydrogens is 334 g/mol. The Kier molecular flexibility index (Phi) is 4.34. The molecule has 2 aliphatic heterocycles. The molecule has 1 saturated heterocycles. The summed E-state index contributed by atoms with van der Waals surface area (Å²) in [6.45, 7) is 5.94. The summed E-state index contributed by atoms with van der Waals surface area (Å²) in [6.07, 6.45) is 2.96. The summed E-state index contributed by atoms with van der Waals surface area (Å²) in [7, 11) is 0. The first kappa shape index (κ1) is 16.6. The molecule has 0 saturated carbocycles. The van der Waals surface area contributed by atoms with Gasteiger partial charge < -0.3 is 20.1 Å². The number of ether oxygens (including phenoxy) is 2. The third-order valence-electron chi connectivity index (χ3n) is 4.95. The quantitative estimate of drug-likeness (QED) is 0.880. The highest BCUT2D eigenvalue weighted by Crippen LogP contribution is 2.35. The average molecular weight is 355 g/mol. The molecular formula is C18H21N5O3. The van der Waals surface area contributed by atoms with Crippen LogP contribution in [-0.2, 0) is 0 Å². The van der Waals surface area contributed by atoms with Gasteiger partial charge in [0.2, 0.25) is 12.7 Å². The second-order valence-electron chi connectivity index (χ2n) is 6.45. The summed E-state index contributed by atoms with van der Waals surface area (Å²) >= 11 is 0. The monoisotopic (exact) mass is 355 g/mol. The standard InChI is InChI=1S/C18H21N5O3/c1-12(13-2-3-15-16(8-13)26-11-25-15)22-4-6-23(7-5-22)18-20-9-14(10-21-18)17(19)24/h2-3,8-10,12H,4-7,11H2,1H3,(H2,19,24)/t12-/m0/s1. The predicted octanol–water partition coefficient (Wildman–Crippen LogP) is 1.19. The van der Waals surface area contributed by atoms with Crippen LogP contribution >= 0.6 is 0 Å². The van der Waals surface area contributed by atoms with Gasteiger partial charge in [-0.3, -0.25) is 9.69 Å². The van der Waals surface area contributed by atoms with E-state index >= 15 is 0 Å². The summed E-state index contributed by atoms with van der Waals surface area (Å²) in [5.41, 5.74) is 6.76. The SMILES string of the molecule is C[C@@H](c1ccc2c(c1)OCO2)N1CCN(c2ncc(C(N)=O)cn2)CC1. The van der Waals surface area contributed by atoms with Gasteiger partial charge in [0.15, 0.2) is 11.5 Å². The zero-order valence-electron chi connectivity index (χ0n) is 14.6. The van der Waals surface area contributed by atoms with E-state index < -0.39 is 5.91 Å². The summed E-state index contributed by atoms with van der Waals surface area (Å²) in [6, 6.07) is 6.41. The molecule has 2 N–H and O–H groups in total. The van der Waals surface area contributed by atoms with Crippen LogP contribution in [0.1, 0.15) is 28.9 Å². The lowest BCUT2D eigenvalue weighted by Gasteiger charge is -2.38. The highest BCUT2D eigenvalue weighted by atomic mass is 16.7. The molecule has 136 valence electrons. The maximum atomic E-state index is 11.1. The van der Waals surface area contributed by atoms with Gasteiger partial charge >= 0.3 is 0 Å². The van der Waals surface area contributed by atoms with Crippen LogP contribution < -0.4 is 20.1 Å². The van der Waals surface area contributed by atoms with Gasteiger partial charge in [0.1, 0.15) is 0 Å². The van der Waals surface area contributed by atoms with Crippen molar-refractivity contribution >= 4 is 11.9 Å². The molecule has 2 aromatic rings. The molecule has 0 unspecified atom stereocenters. The van der Waals surface area contributed by atoms with Crippen molar-refractivity contribution in [3.63, 3.8) is 0 Å². The molecule has 4 rings (SSSR count). The molecule has 0 aliphatic carbocycles. The number of piperazine rings is 1. The van der Waals surface area contributed by atoms with Gasteiger partial charge in [0.25, 0.3) is 5.91 Å². The van der Waals surface area contributed by atoms with Gasteiger partial charge in [-0.25, -0.2) is 9.97 Å². The first-order valence-electron chi connectivity index (χ1n) is 8.62. The maximum Gasteiger partial charge on any atom is 0.251 e. The number of hydrogen-bond acceptors (Lipinski definition) is 7. The third-order valence-corrected chi connectivity index (χ3v) is 4.95. The number of fused-ring (bicyclic) bond motifs is 1. The van der Waals surface area contributed by atoms with E-state index in [9.17, 15) is 4.79 Å². The number of anilines is 1. The lowest BCUT2D eigenvalue weighted by molar-refractivity contribution is 0.0999. The zero-order valence-corrected chi connectivity index (χ0v) is 14.6. The normalized spacial score (nSPS) is 18.0. The van der Waals surface area contributed by atoms with Crippen LogP contribution in [0, 0.1) is 0 Å². The van der Waals surface area contributed by atoms with Crippen molar-refractivity contribution in [3.8, 4) is 11.5 Å². The fourth-order valence-corrected chi connectivity index (χ4v) is 3.30. The molecule has 2 aliphatic rings. The van der Waals surface area contributed by atoms with Crippen LogP contribution in [0.2, 0.25) is 0 Å². The number of nitrogens with zero attached hydrogens (tertiary/aromatic N) is 4. The van der Waals surface area contributed by atoms with Gasteiger partial charge in [-0.15, -0.1) is 0 Å². The Morgan fingerprint density at radius 3 is 2.50 bits per heavy atom. The molecule has 0 radical (unpaired) electrons. The number of hydrogen-bond donors (Lipinski definition) is 1. The Labute approximate surface area is 151 Å². The molecule has 1 aromatic carbocycles. The van der Waals surface area contributed by atoms with E-state index in [2.05, 4.69) is 38.8 Å². The average Bonchev–Trinajstić information content (AvgIpc) is 3.15. The molecule has 26 heavy (non-hydrogen) atoms. The van der Waals surface area contributed by atoms with Crippen molar-refractivity contribution in [2.24, 2.45) is 5.73 Å². The number of aromatic nitrogens is 2. The van der Waals surface area contributed by atoms with Gasteiger partial charge in [0, 0.05) is 44.6 Å². The topological polar surface area (TPSA) is 93.8 Å². The number of rotatable bonds is 4. The second-order valence-corrected chi connectivity index (χ2v) is 6.45. The fraction of sp³-hybridized carbons (Fsp3) is 0.389. The molecule has 3 heterocycles. The summed E-state index contributed by atoms with van der Waals surface area (Å²) in [5.74, 6) is 1.74. The van der Waals surface area contributed by atoms with Crippen LogP contribution in [0.4, 0.5) is 5.95 Å². The van der Waals surface area contributed by atoms with Gasteiger partial charge in [-0.05, 0) is 24.6 Å². The van der Waals surface area contributed by atoms with Crippen LogP contribution in [0.3, 0.4) is 0 Å². The van der Waals surface area contributed by atoms with Gasteiger partial charge in [-0.1, -0.05) is 6.07 Å². The van der Waals surface area contributed by atoms with Crippen molar-refractivity contribution < 1.29 is 14.3 Å². The summed E-state index contributed by atoms with van der Waals surface area (Å²) in [4.78, 5) is 24.2. The van der Waals surface area contributed by atoms with Crippen LogP contribution in [0.5, 0.6) is 11.5 Å². The molecule has 1 atom stereocenters. The first-order chi connectivity index (χ1) is 12.6. The maximum absolute atomic E-state index is 11.1. The van der Waals surface area contributed by atoms with Gasteiger partial charge in [0.05, 0.1) is 5.56 Å². The Bertz CT molecular complexity index is 803. The molecule has 8 nitrogen and oxygen atoms in total. The molecule has 8 heteroatoms. The Morgan fingerprint density at radius 1 is 1.12 bits per heavy atom. The number of nitrogens with two attached hydrogens (primary N) is 1. The van der Waals surface area contributed by atoms with Crippen LogP contribution in [-0.4, -0.2) is 53.7 Å². The number of amides is 1. The van der Waals surface area contributed by atoms with Crippen LogP contribution in [0.15, 0.2) is 30.6 Å². The van der Waals surface area contributed by atoms with Crippen molar-refractivity contribution in [1.82, 2.24) is 14.9 Å². The Morgan fingerprint density at radius 2 is 1.81 bits per heavy atom. The van der Waals surface area contributed by atoms with E-state index in [1.54, 1.807) is 0 Å². The van der Waals surface area contributed by atoms with Gasteiger partial charge in [-0.2, -0.15) is 0 Å². The third kappa shape index (κ3) is 3.15. The Balaban J connectivity index is 1.39. The fourth-order valence-electron chi connectivity index (χ4n) is 3.30. The van der Waals surface area contributed by atoms with Crippen molar-refractivity contribution in [2.45, 2.75) is 13.0 Å². The van der Waals surface area contributed by atoms with Crippen molar-refractivity contribution in [1.29, 1.82) is 0 Å². The molecule has 1 amide bonds.